The van der Waals surface area contributed by atoms with Gasteiger partial charge in [0.2, 0.25) is 0 Å². The minimum absolute atomic E-state index is 0.125. The van der Waals surface area contributed by atoms with Gasteiger partial charge in [0.15, 0.2) is 4.32 Å². The molecule has 0 spiro atoms. The number of hydrogen-bond donors (Lipinski definition) is 0. The maximum absolute atomic E-state index is 12.9. The Morgan fingerprint density at radius 2 is 1.58 bits per heavy atom. The van der Waals surface area contributed by atoms with Gasteiger partial charge in [-0.25, -0.2) is 0 Å². The highest BCUT2D eigenvalue weighted by Gasteiger charge is 2.33. The van der Waals surface area contributed by atoms with Crippen molar-refractivity contribution in [2.24, 2.45) is 0 Å². The first-order valence-electron chi connectivity index (χ1n) is 9.54. The molecule has 3 aromatic carbocycles. The molecule has 31 heavy (non-hydrogen) atoms. The van der Waals surface area contributed by atoms with E-state index in [9.17, 15) is 4.79 Å². The predicted molar refractivity (Wildman–Crippen MR) is 134 cm³/mol. The average Bonchev–Trinajstić information content (AvgIpc) is 3.06. The lowest BCUT2D eigenvalue weighted by Crippen LogP contribution is -2.27. The second-order valence-electron chi connectivity index (χ2n) is 6.58. The van der Waals surface area contributed by atoms with E-state index in [1.54, 1.807) is 4.90 Å². The number of carbonyl (C=O) groups excluding carboxylic acids is 1. The summed E-state index contributed by atoms with van der Waals surface area (Å²) in [5.41, 5.74) is 1.63. The van der Waals surface area contributed by atoms with Crippen LogP contribution in [0.5, 0.6) is 11.5 Å². The summed E-state index contributed by atoms with van der Waals surface area (Å²) in [5.74, 6) is 1.40. The number of carbonyl (C=O) groups is 1. The summed E-state index contributed by atoms with van der Waals surface area (Å²) in [6.45, 7) is 0.865. The molecule has 0 saturated carbocycles. The Bertz CT molecular complexity index is 1120. The SMILES string of the molecule is O=C1/C(=C\c2cccc(OCCOc3ccccc3)c2)SC(=S)N1c1ccc(Br)cc1. The van der Waals surface area contributed by atoms with Crippen LogP contribution in [0.3, 0.4) is 0 Å². The number of anilines is 1. The zero-order valence-corrected chi connectivity index (χ0v) is 19.6. The molecule has 156 valence electrons. The molecule has 1 fully saturated rings. The molecule has 0 aromatic heterocycles. The van der Waals surface area contributed by atoms with Crippen molar-refractivity contribution in [3.63, 3.8) is 0 Å². The number of halogens is 1. The van der Waals surface area contributed by atoms with Crippen LogP contribution in [0.15, 0.2) is 88.2 Å². The molecule has 0 unspecified atom stereocenters. The molecule has 0 aliphatic carbocycles. The Morgan fingerprint density at radius 1 is 0.903 bits per heavy atom. The van der Waals surface area contributed by atoms with Crippen LogP contribution in [0.1, 0.15) is 5.56 Å². The van der Waals surface area contributed by atoms with Gasteiger partial charge in [0.1, 0.15) is 24.7 Å². The standard InChI is InChI=1S/C24H18BrNO3S2/c25-18-9-11-19(12-10-18)26-23(27)22(31-24(26)30)16-17-5-4-8-21(15-17)29-14-13-28-20-6-2-1-3-7-20/h1-12,15-16H,13-14H2/b22-16+. The first-order chi connectivity index (χ1) is 15.1. The van der Waals surface area contributed by atoms with Gasteiger partial charge in [0.25, 0.3) is 5.91 Å². The Labute approximate surface area is 199 Å². The van der Waals surface area contributed by atoms with E-state index in [2.05, 4.69) is 15.9 Å². The summed E-state index contributed by atoms with van der Waals surface area (Å²) in [6.07, 6.45) is 1.84. The molecule has 0 bridgehead atoms. The van der Waals surface area contributed by atoms with Gasteiger partial charge in [0, 0.05) is 4.47 Å². The molecule has 1 aliphatic heterocycles. The maximum atomic E-state index is 12.9. The van der Waals surface area contributed by atoms with E-state index < -0.39 is 0 Å². The van der Waals surface area contributed by atoms with Crippen LogP contribution in [-0.2, 0) is 4.79 Å². The van der Waals surface area contributed by atoms with Crippen molar-refractivity contribution in [2.45, 2.75) is 0 Å². The molecule has 1 heterocycles. The fraction of sp³-hybridized carbons (Fsp3) is 0.0833. The third-order valence-corrected chi connectivity index (χ3v) is 6.23. The molecule has 4 nitrogen and oxygen atoms in total. The highest BCUT2D eigenvalue weighted by Crippen LogP contribution is 2.36. The first-order valence-corrected chi connectivity index (χ1v) is 11.6. The van der Waals surface area contributed by atoms with Gasteiger partial charge < -0.3 is 9.47 Å². The number of nitrogens with zero attached hydrogens (tertiary/aromatic N) is 1. The summed E-state index contributed by atoms with van der Waals surface area (Å²) in [4.78, 5) is 15.1. The molecular weight excluding hydrogens is 494 g/mol. The van der Waals surface area contributed by atoms with Crippen molar-refractivity contribution in [3.8, 4) is 11.5 Å². The second-order valence-corrected chi connectivity index (χ2v) is 9.17. The van der Waals surface area contributed by atoms with Gasteiger partial charge in [-0.2, -0.15) is 0 Å². The Kier molecular flexibility index (Phi) is 7.06. The van der Waals surface area contributed by atoms with E-state index >= 15 is 0 Å². The van der Waals surface area contributed by atoms with Crippen molar-refractivity contribution in [1.82, 2.24) is 0 Å². The average molecular weight is 512 g/mol. The Balaban J connectivity index is 1.40. The van der Waals surface area contributed by atoms with Gasteiger partial charge in [-0.15, -0.1) is 0 Å². The van der Waals surface area contributed by atoms with E-state index in [0.29, 0.717) is 28.2 Å². The summed E-state index contributed by atoms with van der Waals surface area (Å²) < 4.78 is 12.9. The van der Waals surface area contributed by atoms with Crippen LogP contribution < -0.4 is 14.4 Å². The normalized spacial score (nSPS) is 14.9. The number of ether oxygens (including phenoxy) is 2. The molecule has 4 rings (SSSR count). The van der Waals surface area contributed by atoms with Crippen molar-refractivity contribution in [1.29, 1.82) is 0 Å². The largest absolute Gasteiger partial charge is 0.490 e. The molecule has 1 aliphatic rings. The topological polar surface area (TPSA) is 38.8 Å². The van der Waals surface area contributed by atoms with Crippen LogP contribution in [-0.4, -0.2) is 23.4 Å². The van der Waals surface area contributed by atoms with Crippen molar-refractivity contribution in [3.05, 3.63) is 93.8 Å². The van der Waals surface area contributed by atoms with Crippen molar-refractivity contribution in [2.75, 3.05) is 18.1 Å². The quantitative estimate of drug-likeness (QED) is 0.211. The lowest BCUT2D eigenvalue weighted by atomic mass is 10.2. The molecule has 0 radical (unpaired) electrons. The lowest BCUT2D eigenvalue weighted by Gasteiger charge is -2.14. The molecule has 0 atom stereocenters. The number of para-hydroxylation sites is 1. The lowest BCUT2D eigenvalue weighted by molar-refractivity contribution is -0.113. The number of benzene rings is 3. The minimum Gasteiger partial charge on any atom is -0.490 e. The summed E-state index contributed by atoms with van der Waals surface area (Å²) >= 11 is 10.1. The molecular formula is C24H18BrNO3S2. The second kappa shape index (κ2) is 10.1. The fourth-order valence-electron chi connectivity index (χ4n) is 2.96. The van der Waals surface area contributed by atoms with Crippen LogP contribution in [0.25, 0.3) is 6.08 Å². The Hall–Kier alpha value is -2.61. The van der Waals surface area contributed by atoms with Gasteiger partial charge in [0.05, 0.1) is 10.6 Å². The molecule has 1 amide bonds. The van der Waals surface area contributed by atoms with Crippen LogP contribution in [0.2, 0.25) is 0 Å². The molecule has 3 aromatic rings. The molecule has 1 saturated heterocycles. The van der Waals surface area contributed by atoms with E-state index in [-0.39, 0.29) is 5.91 Å². The summed E-state index contributed by atoms with van der Waals surface area (Å²) in [6, 6.07) is 24.7. The van der Waals surface area contributed by atoms with E-state index in [4.69, 9.17) is 21.7 Å². The number of amides is 1. The zero-order valence-electron chi connectivity index (χ0n) is 16.4. The van der Waals surface area contributed by atoms with Crippen LogP contribution >= 0.6 is 39.9 Å². The highest BCUT2D eigenvalue weighted by atomic mass is 79.9. The van der Waals surface area contributed by atoms with Gasteiger partial charge in [-0.1, -0.05) is 70.2 Å². The summed E-state index contributed by atoms with van der Waals surface area (Å²) in [7, 11) is 0. The number of rotatable bonds is 7. The van der Waals surface area contributed by atoms with E-state index in [0.717, 1.165) is 21.5 Å². The minimum atomic E-state index is -0.125. The monoisotopic (exact) mass is 511 g/mol. The predicted octanol–water partition coefficient (Wildman–Crippen LogP) is 6.31. The number of thioether (sulfide) groups is 1. The van der Waals surface area contributed by atoms with Crippen LogP contribution in [0, 0.1) is 0 Å². The third kappa shape index (κ3) is 5.55. The number of hydrogen-bond acceptors (Lipinski definition) is 5. The van der Waals surface area contributed by atoms with E-state index in [1.165, 1.54) is 11.8 Å². The number of thiocarbonyl (C=S) groups is 1. The first kappa shape index (κ1) is 21.6. The van der Waals surface area contributed by atoms with Gasteiger partial charge in [-0.05, 0) is 60.2 Å². The summed E-state index contributed by atoms with van der Waals surface area (Å²) in [5, 5.41) is 0. The fourth-order valence-corrected chi connectivity index (χ4v) is 4.53. The van der Waals surface area contributed by atoms with E-state index in [1.807, 2.05) is 84.9 Å². The Morgan fingerprint density at radius 3 is 2.32 bits per heavy atom. The third-order valence-electron chi connectivity index (χ3n) is 4.40. The smallest absolute Gasteiger partial charge is 0.270 e. The van der Waals surface area contributed by atoms with Crippen molar-refractivity contribution >= 4 is 61.9 Å². The van der Waals surface area contributed by atoms with Gasteiger partial charge >= 0.3 is 0 Å². The molecule has 7 heteroatoms. The van der Waals surface area contributed by atoms with Crippen LogP contribution in [0.4, 0.5) is 5.69 Å². The van der Waals surface area contributed by atoms with Crippen molar-refractivity contribution < 1.29 is 14.3 Å². The van der Waals surface area contributed by atoms with Gasteiger partial charge in [-0.3, -0.25) is 9.69 Å². The zero-order chi connectivity index (χ0) is 21.6. The molecule has 0 N–H and O–H groups in total. The highest BCUT2D eigenvalue weighted by molar-refractivity contribution is 9.10. The maximum Gasteiger partial charge on any atom is 0.270 e.